The number of hydrogen-bond acceptors (Lipinski definition) is 4. The van der Waals surface area contributed by atoms with E-state index < -0.39 is 14.1 Å². The topological polar surface area (TPSA) is 36.9 Å². The summed E-state index contributed by atoms with van der Waals surface area (Å²) in [6, 6.07) is 10.2. The molecule has 0 N–H and O–H groups in total. The summed E-state index contributed by atoms with van der Waals surface area (Å²) in [5.41, 5.74) is 1.15. The van der Waals surface area contributed by atoms with Crippen LogP contribution in [0.5, 0.6) is 0 Å². The summed E-state index contributed by atoms with van der Waals surface area (Å²) in [6.07, 6.45) is 3.72. The number of hydrogen-bond donors (Lipinski definition) is 0. The van der Waals surface area contributed by atoms with Crippen LogP contribution in [0.15, 0.2) is 36.4 Å². The molecule has 3 rings (SSSR count). The van der Waals surface area contributed by atoms with Gasteiger partial charge in [0.2, 0.25) is 0 Å². The zero-order valence-corrected chi connectivity index (χ0v) is 18.7. The van der Waals surface area contributed by atoms with Crippen molar-refractivity contribution in [1.29, 1.82) is 0 Å². The fraction of sp³-hybridized carbons (Fsp3) is 0.636. The molecule has 0 unspecified atom stereocenters. The molecule has 4 atom stereocenters. The first kappa shape index (κ1) is 20.7. The number of ether oxygens (including phenoxy) is 3. The molecular weight excluding hydrogens is 356 g/mol. The van der Waals surface area contributed by atoms with Gasteiger partial charge in [0, 0.05) is 0 Å². The summed E-state index contributed by atoms with van der Waals surface area (Å²) in [6.45, 7) is 15.8. The molecule has 2 fully saturated rings. The average molecular weight is 391 g/mol. The lowest BCUT2D eigenvalue weighted by molar-refractivity contribution is -0.184. The summed E-state index contributed by atoms with van der Waals surface area (Å²) in [4.78, 5) is 0. The predicted octanol–water partition coefficient (Wildman–Crippen LogP) is 5.01. The van der Waals surface area contributed by atoms with Gasteiger partial charge in [-0.05, 0) is 37.5 Å². The van der Waals surface area contributed by atoms with Crippen molar-refractivity contribution in [3.63, 3.8) is 0 Å². The average Bonchev–Trinajstić information content (AvgIpc) is 3.04. The first-order valence-electron chi connectivity index (χ1n) is 9.87. The van der Waals surface area contributed by atoms with Gasteiger partial charge in [-0.25, -0.2) is 0 Å². The zero-order chi connectivity index (χ0) is 19.9. The van der Waals surface area contributed by atoms with E-state index in [9.17, 15) is 0 Å². The van der Waals surface area contributed by atoms with Gasteiger partial charge in [-0.3, -0.25) is 0 Å². The summed E-state index contributed by atoms with van der Waals surface area (Å²) in [7, 11) is -1.84. The lowest BCUT2D eigenvalue weighted by atomic mass is 10.1. The first-order chi connectivity index (χ1) is 12.5. The molecular formula is C22H34O4Si. The molecule has 0 spiro atoms. The van der Waals surface area contributed by atoms with Gasteiger partial charge in [-0.15, -0.1) is 0 Å². The van der Waals surface area contributed by atoms with E-state index in [1.165, 1.54) is 0 Å². The number of benzene rings is 1. The monoisotopic (exact) mass is 390 g/mol. The van der Waals surface area contributed by atoms with E-state index in [1.807, 2.05) is 32.0 Å². The van der Waals surface area contributed by atoms with E-state index in [4.69, 9.17) is 18.6 Å². The highest BCUT2D eigenvalue weighted by atomic mass is 28.4. The van der Waals surface area contributed by atoms with Crippen LogP contribution in [0.4, 0.5) is 0 Å². The number of rotatable bonds is 5. The van der Waals surface area contributed by atoms with Crippen molar-refractivity contribution in [1.82, 2.24) is 0 Å². The molecule has 5 heteroatoms. The molecule has 4 nitrogen and oxygen atoms in total. The normalized spacial score (nSPS) is 30.8. The second-order valence-electron chi connectivity index (χ2n) is 9.55. The molecule has 0 aliphatic carbocycles. The van der Waals surface area contributed by atoms with Crippen molar-refractivity contribution >= 4 is 14.4 Å². The van der Waals surface area contributed by atoms with E-state index in [0.717, 1.165) is 5.56 Å². The van der Waals surface area contributed by atoms with Crippen LogP contribution >= 0.6 is 0 Å². The van der Waals surface area contributed by atoms with E-state index in [-0.39, 0.29) is 29.5 Å². The van der Waals surface area contributed by atoms with Crippen molar-refractivity contribution in [2.45, 2.75) is 83.0 Å². The molecule has 1 aromatic rings. The Labute approximate surface area is 165 Å². The molecule has 0 aromatic heterocycles. The Hall–Kier alpha value is -0.983. The van der Waals surface area contributed by atoms with Crippen LogP contribution in [0.1, 0.15) is 40.2 Å². The minimum atomic E-state index is -1.84. The van der Waals surface area contributed by atoms with Crippen LogP contribution in [0.3, 0.4) is 0 Å². The second kappa shape index (κ2) is 7.45. The molecule has 2 saturated heterocycles. The molecule has 150 valence electrons. The fourth-order valence-corrected chi connectivity index (χ4v) is 4.30. The highest BCUT2D eigenvalue weighted by Crippen LogP contribution is 2.41. The van der Waals surface area contributed by atoms with E-state index in [1.54, 1.807) is 0 Å². The Morgan fingerprint density at radius 3 is 2.33 bits per heavy atom. The van der Waals surface area contributed by atoms with Gasteiger partial charge in [0.25, 0.3) is 0 Å². The third-order valence-corrected chi connectivity index (χ3v) is 10.4. The Morgan fingerprint density at radius 2 is 1.70 bits per heavy atom. The van der Waals surface area contributed by atoms with Crippen LogP contribution in [-0.4, -0.2) is 45.1 Å². The predicted molar refractivity (Wildman–Crippen MR) is 111 cm³/mol. The van der Waals surface area contributed by atoms with Crippen molar-refractivity contribution in [2.75, 3.05) is 6.61 Å². The van der Waals surface area contributed by atoms with Crippen molar-refractivity contribution < 1.29 is 18.6 Å². The maximum Gasteiger partial charge on any atom is 0.192 e. The maximum absolute atomic E-state index is 6.42. The van der Waals surface area contributed by atoms with Gasteiger partial charge in [0.1, 0.15) is 24.4 Å². The van der Waals surface area contributed by atoms with Crippen LogP contribution in [-0.2, 0) is 18.6 Å². The van der Waals surface area contributed by atoms with E-state index >= 15 is 0 Å². The smallest absolute Gasteiger partial charge is 0.192 e. The van der Waals surface area contributed by atoms with Gasteiger partial charge in [-0.2, -0.15) is 0 Å². The van der Waals surface area contributed by atoms with Crippen LogP contribution in [0, 0.1) is 0 Å². The maximum atomic E-state index is 6.42. The van der Waals surface area contributed by atoms with Crippen molar-refractivity contribution in [3.05, 3.63) is 42.0 Å². The zero-order valence-electron chi connectivity index (χ0n) is 17.7. The Balaban J connectivity index is 1.71. The van der Waals surface area contributed by atoms with E-state index in [0.29, 0.717) is 6.61 Å². The number of fused-ring (bicyclic) bond motifs is 1. The van der Waals surface area contributed by atoms with Crippen LogP contribution in [0.2, 0.25) is 18.1 Å². The highest BCUT2D eigenvalue weighted by molar-refractivity contribution is 6.74. The second-order valence-corrected chi connectivity index (χ2v) is 14.4. The molecule has 27 heavy (non-hydrogen) atoms. The summed E-state index contributed by atoms with van der Waals surface area (Å²) < 4.78 is 25.1. The van der Waals surface area contributed by atoms with Gasteiger partial charge < -0.3 is 18.6 Å². The molecule has 0 amide bonds. The largest absolute Gasteiger partial charge is 0.414 e. The quantitative estimate of drug-likeness (QED) is 0.662. The van der Waals surface area contributed by atoms with Gasteiger partial charge >= 0.3 is 0 Å². The van der Waals surface area contributed by atoms with Crippen LogP contribution < -0.4 is 0 Å². The standard InChI is InChI=1S/C22H34O4Si/c1-21(2,3)27(6,7)23-15-18-20-19(25-22(4,5)26-20)17(24-18)14-13-16-11-9-8-10-12-16/h8-14,17-20H,15H2,1-7H3/b14-13+/t17-,18-,19+,20-/m1/s1. The van der Waals surface area contributed by atoms with Gasteiger partial charge in [0.05, 0.1) is 6.61 Å². The molecule has 2 aliphatic heterocycles. The molecule has 2 aliphatic rings. The van der Waals surface area contributed by atoms with Crippen molar-refractivity contribution in [2.24, 2.45) is 0 Å². The van der Waals surface area contributed by atoms with Crippen molar-refractivity contribution in [3.8, 4) is 0 Å². The molecule has 0 saturated carbocycles. The van der Waals surface area contributed by atoms with Crippen LogP contribution in [0.25, 0.3) is 6.08 Å². The Bertz CT molecular complexity index is 663. The lowest BCUT2D eigenvalue weighted by Crippen LogP contribution is -2.44. The van der Waals surface area contributed by atoms with E-state index in [2.05, 4.69) is 58.2 Å². The van der Waals surface area contributed by atoms with Gasteiger partial charge in [-0.1, -0.05) is 63.3 Å². The minimum absolute atomic E-state index is 0.102. The first-order valence-corrected chi connectivity index (χ1v) is 12.8. The third kappa shape index (κ3) is 4.72. The third-order valence-electron chi connectivity index (χ3n) is 5.88. The SMILES string of the molecule is CC1(C)O[C@@H]2[C@H](O1)[C@@H](CO[Si](C)(C)C(C)(C)C)O[C@@H]2/C=C/c1ccccc1. The van der Waals surface area contributed by atoms with Gasteiger partial charge in [0.15, 0.2) is 14.1 Å². The summed E-state index contributed by atoms with van der Waals surface area (Å²) in [5.74, 6) is -0.590. The minimum Gasteiger partial charge on any atom is -0.414 e. The molecule has 2 heterocycles. The molecule has 1 aromatic carbocycles. The highest BCUT2D eigenvalue weighted by Gasteiger charge is 2.54. The Morgan fingerprint density at radius 1 is 1.07 bits per heavy atom. The lowest BCUT2D eigenvalue weighted by Gasteiger charge is -2.37. The summed E-state index contributed by atoms with van der Waals surface area (Å²) in [5, 5.41) is 0.171. The molecule has 0 radical (unpaired) electrons. The summed E-state index contributed by atoms with van der Waals surface area (Å²) >= 11 is 0. The fourth-order valence-electron chi connectivity index (χ4n) is 3.28. The Kier molecular flexibility index (Phi) is 5.72. The molecule has 0 bridgehead atoms.